The van der Waals surface area contributed by atoms with Crippen LogP contribution in [0, 0.1) is 6.92 Å². The van der Waals surface area contributed by atoms with Crippen LogP contribution in [-0.4, -0.2) is 32.2 Å². The van der Waals surface area contributed by atoms with Crippen molar-refractivity contribution in [2.75, 3.05) is 31.3 Å². The smallest absolute Gasteiger partial charge is 0.242 e. The van der Waals surface area contributed by atoms with Gasteiger partial charge in [-0.1, -0.05) is 0 Å². The summed E-state index contributed by atoms with van der Waals surface area (Å²) in [4.78, 5) is 11.7. The zero-order valence-corrected chi connectivity index (χ0v) is 11.1. The Morgan fingerprint density at radius 3 is 2.78 bits per heavy atom. The molecule has 1 aromatic carbocycles. The highest BCUT2D eigenvalue weighted by atomic mass is 16.5. The van der Waals surface area contributed by atoms with Gasteiger partial charge in [-0.15, -0.1) is 0 Å². The van der Waals surface area contributed by atoms with Crippen molar-refractivity contribution in [2.24, 2.45) is 0 Å². The van der Waals surface area contributed by atoms with E-state index < -0.39 is 0 Å². The first-order chi connectivity index (χ1) is 8.52. The van der Waals surface area contributed by atoms with Crippen molar-refractivity contribution in [3.05, 3.63) is 23.8 Å². The number of hydrogen-bond acceptors (Lipinski definition) is 4. The Kier molecular flexibility index (Phi) is 5.45. The van der Waals surface area contributed by atoms with Crippen LogP contribution in [0.15, 0.2) is 18.2 Å². The third kappa shape index (κ3) is 4.63. The van der Waals surface area contributed by atoms with Gasteiger partial charge in [0.15, 0.2) is 0 Å². The minimum absolute atomic E-state index is 0.0628. The van der Waals surface area contributed by atoms with Crippen molar-refractivity contribution in [2.45, 2.75) is 19.9 Å². The number of rotatable bonds is 6. The van der Waals surface area contributed by atoms with Crippen molar-refractivity contribution in [1.29, 1.82) is 0 Å². The Morgan fingerprint density at radius 1 is 1.44 bits per heavy atom. The summed E-state index contributed by atoms with van der Waals surface area (Å²) >= 11 is 0. The van der Waals surface area contributed by atoms with Crippen LogP contribution in [0.1, 0.15) is 12.5 Å². The molecule has 0 spiro atoms. The summed E-state index contributed by atoms with van der Waals surface area (Å²) in [6.45, 7) is 4.79. The quantitative estimate of drug-likeness (QED) is 0.523. The number of nitrogens with one attached hydrogen (secondary N) is 2. The van der Waals surface area contributed by atoms with E-state index in [2.05, 4.69) is 10.6 Å². The highest BCUT2D eigenvalue weighted by Gasteiger charge is 2.11. The Labute approximate surface area is 108 Å². The van der Waals surface area contributed by atoms with Crippen molar-refractivity contribution < 1.29 is 9.53 Å². The monoisotopic (exact) mass is 251 g/mol. The van der Waals surface area contributed by atoms with Crippen LogP contribution in [0.25, 0.3) is 0 Å². The molecule has 0 fully saturated rings. The summed E-state index contributed by atoms with van der Waals surface area (Å²) in [6.07, 6.45) is 0. The number of amides is 1. The molecule has 1 amide bonds. The number of nitrogen functional groups attached to an aromatic ring is 1. The fourth-order valence-corrected chi connectivity index (χ4v) is 1.64. The van der Waals surface area contributed by atoms with Crippen LogP contribution in [0.4, 0.5) is 11.4 Å². The number of hydrogen-bond donors (Lipinski definition) is 3. The van der Waals surface area contributed by atoms with Gasteiger partial charge in [-0.05, 0) is 37.6 Å². The van der Waals surface area contributed by atoms with Gasteiger partial charge in [0.25, 0.3) is 0 Å². The number of carbonyl (C=O) groups excluding carboxylic acids is 1. The van der Waals surface area contributed by atoms with Crippen LogP contribution < -0.4 is 16.4 Å². The van der Waals surface area contributed by atoms with Gasteiger partial charge in [0.05, 0.1) is 6.61 Å². The molecular formula is C13H21N3O2. The second-order valence-electron chi connectivity index (χ2n) is 4.28. The molecule has 0 saturated heterocycles. The van der Waals surface area contributed by atoms with E-state index in [4.69, 9.17) is 10.5 Å². The van der Waals surface area contributed by atoms with Crippen LogP contribution in [-0.2, 0) is 9.53 Å². The van der Waals surface area contributed by atoms with Gasteiger partial charge in [0, 0.05) is 25.0 Å². The molecule has 1 rings (SSSR count). The summed E-state index contributed by atoms with van der Waals surface area (Å²) in [7, 11) is 1.60. The molecule has 1 aromatic rings. The molecule has 18 heavy (non-hydrogen) atoms. The maximum Gasteiger partial charge on any atom is 0.242 e. The first-order valence-electron chi connectivity index (χ1n) is 5.93. The number of aryl methyl sites for hydroxylation is 1. The third-order valence-corrected chi connectivity index (χ3v) is 2.48. The fraction of sp³-hybridized carbons (Fsp3) is 0.462. The molecule has 5 nitrogen and oxygen atoms in total. The molecule has 0 radical (unpaired) electrons. The first-order valence-corrected chi connectivity index (χ1v) is 5.93. The molecular weight excluding hydrogens is 230 g/mol. The summed E-state index contributed by atoms with van der Waals surface area (Å²) < 4.78 is 4.87. The van der Waals surface area contributed by atoms with Gasteiger partial charge in [-0.3, -0.25) is 4.79 Å². The Bertz CT molecular complexity index is 387. The lowest BCUT2D eigenvalue weighted by molar-refractivity contribution is -0.121. The minimum Gasteiger partial charge on any atom is -0.399 e. The van der Waals surface area contributed by atoms with E-state index in [0.717, 1.165) is 11.3 Å². The van der Waals surface area contributed by atoms with Crippen LogP contribution in [0.5, 0.6) is 0 Å². The van der Waals surface area contributed by atoms with Crippen molar-refractivity contribution in [3.8, 4) is 0 Å². The van der Waals surface area contributed by atoms with Crippen LogP contribution >= 0.6 is 0 Å². The molecule has 1 atom stereocenters. The molecule has 0 bridgehead atoms. The van der Waals surface area contributed by atoms with Gasteiger partial charge < -0.3 is 21.1 Å². The van der Waals surface area contributed by atoms with Crippen LogP contribution in [0.2, 0.25) is 0 Å². The van der Waals surface area contributed by atoms with E-state index in [0.29, 0.717) is 18.8 Å². The van der Waals surface area contributed by atoms with E-state index in [1.807, 2.05) is 25.1 Å². The van der Waals surface area contributed by atoms with Crippen molar-refractivity contribution >= 4 is 17.3 Å². The summed E-state index contributed by atoms with van der Waals surface area (Å²) in [5.74, 6) is -0.0628. The highest BCUT2D eigenvalue weighted by molar-refractivity contribution is 5.84. The number of benzene rings is 1. The summed E-state index contributed by atoms with van der Waals surface area (Å²) in [5, 5.41) is 5.89. The zero-order valence-electron chi connectivity index (χ0n) is 11.1. The Hall–Kier alpha value is -1.75. The summed E-state index contributed by atoms with van der Waals surface area (Å²) in [6, 6.07) is 5.33. The maximum absolute atomic E-state index is 11.7. The topological polar surface area (TPSA) is 76.4 Å². The Balaban J connectivity index is 2.52. The predicted octanol–water partition coefficient (Wildman–Crippen LogP) is 1.14. The fourth-order valence-electron chi connectivity index (χ4n) is 1.64. The van der Waals surface area contributed by atoms with Gasteiger partial charge in [0.2, 0.25) is 5.91 Å². The van der Waals surface area contributed by atoms with Gasteiger partial charge in [-0.2, -0.15) is 0 Å². The average Bonchev–Trinajstić information content (AvgIpc) is 2.27. The van der Waals surface area contributed by atoms with E-state index in [1.54, 1.807) is 14.0 Å². The van der Waals surface area contributed by atoms with Crippen LogP contribution in [0.3, 0.4) is 0 Å². The van der Waals surface area contributed by atoms with E-state index >= 15 is 0 Å². The first kappa shape index (κ1) is 14.3. The maximum atomic E-state index is 11.7. The normalized spacial score (nSPS) is 11.9. The third-order valence-electron chi connectivity index (χ3n) is 2.48. The van der Waals surface area contributed by atoms with Gasteiger partial charge in [-0.25, -0.2) is 0 Å². The molecule has 0 saturated carbocycles. The molecule has 4 N–H and O–H groups in total. The largest absolute Gasteiger partial charge is 0.399 e. The van der Waals surface area contributed by atoms with E-state index in [9.17, 15) is 4.79 Å². The highest BCUT2D eigenvalue weighted by Crippen LogP contribution is 2.16. The van der Waals surface area contributed by atoms with Gasteiger partial charge in [0.1, 0.15) is 6.04 Å². The molecule has 5 heteroatoms. The SMILES string of the molecule is COCCNC(=O)C(C)Nc1cc(C)cc(N)c1. The molecule has 0 aliphatic heterocycles. The second-order valence-corrected chi connectivity index (χ2v) is 4.28. The summed E-state index contributed by atoms with van der Waals surface area (Å²) in [5.41, 5.74) is 8.35. The van der Waals surface area contributed by atoms with E-state index in [1.165, 1.54) is 0 Å². The average molecular weight is 251 g/mol. The lowest BCUT2D eigenvalue weighted by atomic mass is 10.2. The molecule has 0 aliphatic rings. The number of methoxy groups -OCH3 is 1. The number of anilines is 2. The van der Waals surface area contributed by atoms with Crippen molar-refractivity contribution in [1.82, 2.24) is 5.32 Å². The minimum atomic E-state index is -0.317. The lowest BCUT2D eigenvalue weighted by Crippen LogP contribution is -2.39. The molecule has 100 valence electrons. The van der Waals surface area contributed by atoms with Gasteiger partial charge >= 0.3 is 0 Å². The molecule has 0 aliphatic carbocycles. The standard InChI is InChI=1S/C13H21N3O2/c1-9-6-11(14)8-12(7-9)16-10(2)13(17)15-4-5-18-3/h6-8,10,16H,4-5,14H2,1-3H3,(H,15,17). The number of carbonyl (C=O) groups is 1. The molecule has 1 unspecified atom stereocenters. The second kappa shape index (κ2) is 6.86. The zero-order chi connectivity index (χ0) is 13.5. The Morgan fingerprint density at radius 2 is 2.17 bits per heavy atom. The lowest BCUT2D eigenvalue weighted by Gasteiger charge is -2.16. The number of nitrogens with two attached hydrogens (primary N) is 1. The molecule has 0 heterocycles. The predicted molar refractivity (Wildman–Crippen MR) is 73.6 cm³/mol. The molecule has 0 aromatic heterocycles. The van der Waals surface area contributed by atoms with Crippen molar-refractivity contribution in [3.63, 3.8) is 0 Å². The van der Waals surface area contributed by atoms with E-state index in [-0.39, 0.29) is 11.9 Å². The number of ether oxygens (including phenoxy) is 1.